The Morgan fingerprint density at radius 1 is 0.414 bits per heavy atom. The molecular weight excluding hydrogens is 783 g/mol. The Kier molecular flexibility index (Phi) is 27.0. The molecule has 1 rings (SSSR count). The fourth-order valence-electron chi connectivity index (χ4n) is 9.20. The van der Waals surface area contributed by atoms with Gasteiger partial charge in [-0.25, -0.2) is 0 Å². The first-order chi connectivity index (χ1) is 27.7. The van der Waals surface area contributed by atoms with E-state index >= 15 is 0 Å². The number of benzene rings is 1. The van der Waals surface area contributed by atoms with Crippen molar-refractivity contribution in [3.8, 4) is 0 Å². The van der Waals surface area contributed by atoms with Crippen molar-refractivity contribution in [2.24, 2.45) is 0 Å². The van der Waals surface area contributed by atoms with Crippen molar-refractivity contribution in [3.63, 3.8) is 0 Å². The Hall–Kier alpha value is -1.07. The zero-order chi connectivity index (χ0) is 43.4. The molecular formula is C48H92O7P2S. The van der Waals surface area contributed by atoms with Gasteiger partial charge in [-0.2, -0.15) is 0 Å². The molecule has 0 aromatic heterocycles. The average molecular weight is 875 g/mol. The SMILES string of the molecule is CCCCCCCCP(CCCC)(CCCC)(CCCC)OC(=O)c1cc(C(=O)OP(CCCC)(CCCC)(CCCC)CCCCCCCC)cc(S(=O)(=O)O)c1. The molecule has 1 aromatic rings. The molecule has 1 aromatic carbocycles. The summed E-state index contributed by atoms with van der Waals surface area (Å²) in [6.45, 7) is 11.3. The molecule has 10 heteroatoms. The first kappa shape index (κ1) is 54.9. The zero-order valence-electron chi connectivity index (χ0n) is 39.1. The molecule has 0 atom stereocenters. The van der Waals surface area contributed by atoms with Crippen molar-refractivity contribution in [3.05, 3.63) is 29.3 Å². The minimum absolute atomic E-state index is 0.00966. The Bertz CT molecular complexity index is 1280. The van der Waals surface area contributed by atoms with Crippen LogP contribution in [0.1, 0.15) is 230 Å². The van der Waals surface area contributed by atoms with Crippen LogP contribution < -0.4 is 0 Å². The second kappa shape index (κ2) is 28.5. The van der Waals surface area contributed by atoms with Crippen LogP contribution in [0.5, 0.6) is 0 Å². The summed E-state index contributed by atoms with van der Waals surface area (Å²) in [5, 5.41) is 0. The predicted molar refractivity (Wildman–Crippen MR) is 256 cm³/mol. The summed E-state index contributed by atoms with van der Waals surface area (Å²) in [6, 6.07) is 3.93. The summed E-state index contributed by atoms with van der Waals surface area (Å²) >= 11 is 0. The quantitative estimate of drug-likeness (QED) is 0.0403. The summed E-state index contributed by atoms with van der Waals surface area (Å²) in [6.07, 6.45) is 32.6. The van der Waals surface area contributed by atoms with Crippen LogP contribution >= 0.6 is 13.7 Å². The van der Waals surface area contributed by atoms with E-state index in [9.17, 15) is 22.6 Å². The molecule has 0 radical (unpaired) electrons. The molecule has 0 aliphatic carbocycles. The van der Waals surface area contributed by atoms with E-state index in [4.69, 9.17) is 9.05 Å². The van der Waals surface area contributed by atoms with Gasteiger partial charge in [0.25, 0.3) is 0 Å². The first-order valence-electron chi connectivity index (χ1n) is 24.3. The molecule has 1 N–H and O–H groups in total. The van der Waals surface area contributed by atoms with E-state index in [1.54, 1.807) is 0 Å². The van der Waals surface area contributed by atoms with E-state index in [2.05, 4.69) is 55.4 Å². The molecule has 0 saturated carbocycles. The Labute approximate surface area is 358 Å². The van der Waals surface area contributed by atoms with Gasteiger partial charge in [-0.15, -0.1) is 0 Å². The fraction of sp³-hybridized carbons (Fsp3) is 0.833. The van der Waals surface area contributed by atoms with Gasteiger partial charge in [0.2, 0.25) is 0 Å². The number of hydrogen-bond acceptors (Lipinski definition) is 6. The van der Waals surface area contributed by atoms with Crippen LogP contribution in [0, 0.1) is 0 Å². The van der Waals surface area contributed by atoms with Crippen molar-refractivity contribution in [2.75, 3.05) is 49.3 Å². The van der Waals surface area contributed by atoms with E-state index in [1.165, 1.54) is 69.6 Å². The van der Waals surface area contributed by atoms with Crippen molar-refractivity contribution >= 4 is 35.7 Å². The normalized spacial score (nSPS) is 13.7. The van der Waals surface area contributed by atoms with Crippen LogP contribution in [0.15, 0.2) is 23.1 Å². The minimum atomic E-state index is -4.76. The summed E-state index contributed by atoms with van der Waals surface area (Å²) in [5.41, 5.74) is 0.0193. The van der Waals surface area contributed by atoms with Crippen LogP contribution in [0.3, 0.4) is 0 Å². The summed E-state index contributed by atoms with van der Waals surface area (Å²) in [4.78, 5) is 29.1. The molecule has 0 fully saturated rings. The van der Waals surface area contributed by atoms with Crippen LogP contribution in [0.2, 0.25) is 0 Å². The van der Waals surface area contributed by atoms with Crippen LogP contribution in [0.25, 0.3) is 0 Å². The topological polar surface area (TPSA) is 107 Å². The van der Waals surface area contributed by atoms with Gasteiger partial charge >= 0.3 is 360 Å². The van der Waals surface area contributed by atoms with E-state index in [-0.39, 0.29) is 11.1 Å². The maximum absolute atomic E-state index is 14.8. The molecule has 0 aliphatic rings. The number of hydrogen-bond donors (Lipinski definition) is 1. The predicted octanol–water partition coefficient (Wildman–Crippen LogP) is 15.7. The maximum atomic E-state index is 14.8. The number of carbonyl (C=O) groups is 2. The average Bonchev–Trinajstić information content (AvgIpc) is 3.21. The van der Waals surface area contributed by atoms with Crippen molar-refractivity contribution in [1.29, 1.82) is 0 Å². The molecule has 7 nitrogen and oxygen atoms in total. The number of carbonyl (C=O) groups excluding carboxylic acids is 2. The molecule has 0 amide bonds. The van der Waals surface area contributed by atoms with Gasteiger partial charge in [0.05, 0.1) is 0 Å². The summed E-state index contributed by atoms with van der Waals surface area (Å²) in [7, 11) is -4.76. The second-order valence-electron chi connectivity index (χ2n) is 18.1. The Morgan fingerprint density at radius 3 is 0.914 bits per heavy atom. The molecule has 0 unspecified atom stereocenters. The molecule has 0 bridgehead atoms. The van der Waals surface area contributed by atoms with Gasteiger partial charge in [-0.05, 0) is 0 Å². The van der Waals surface area contributed by atoms with Gasteiger partial charge < -0.3 is 0 Å². The zero-order valence-corrected chi connectivity index (χ0v) is 41.7. The van der Waals surface area contributed by atoms with E-state index in [1.807, 2.05) is 0 Å². The van der Waals surface area contributed by atoms with Gasteiger partial charge in [-0.1, -0.05) is 0 Å². The van der Waals surface area contributed by atoms with E-state index < -0.39 is 40.6 Å². The van der Waals surface area contributed by atoms with E-state index in [0.29, 0.717) is 0 Å². The molecule has 0 saturated heterocycles. The second-order valence-corrected chi connectivity index (χ2v) is 30.9. The van der Waals surface area contributed by atoms with Crippen molar-refractivity contribution < 1.29 is 31.6 Å². The fourth-order valence-corrected chi connectivity index (χ4v) is 23.1. The van der Waals surface area contributed by atoms with Crippen LogP contribution in [-0.2, 0) is 19.2 Å². The van der Waals surface area contributed by atoms with Crippen molar-refractivity contribution in [1.82, 2.24) is 0 Å². The summed E-state index contributed by atoms with van der Waals surface area (Å²) in [5.74, 6) is -1.14. The number of rotatable bonds is 37. The molecule has 58 heavy (non-hydrogen) atoms. The standard InChI is InChI=1S/C48H92O7P2S/c1-9-17-25-27-29-31-39-56(33-19-11-3,34-20-12-4,35-21-13-5)54-47(49)44-41-45(43-46(42-44)58(51,52)53)48(50)55-57(36-22-14-6,37-23-15-7,38-24-16-8)40-32-30-28-26-18-10-2/h41-43H,9-40H2,1-8H3,(H,51,52,53). The van der Waals surface area contributed by atoms with Crippen LogP contribution in [-0.4, -0.2) is 74.2 Å². The molecule has 0 aliphatic heterocycles. The van der Waals surface area contributed by atoms with E-state index in [0.717, 1.165) is 152 Å². The molecule has 0 spiro atoms. The first-order valence-corrected chi connectivity index (χ1v) is 31.6. The Morgan fingerprint density at radius 2 is 0.655 bits per heavy atom. The number of unbranched alkanes of at least 4 members (excludes halogenated alkanes) is 16. The molecule has 342 valence electrons. The summed E-state index contributed by atoms with van der Waals surface area (Å²) < 4.78 is 50.4. The van der Waals surface area contributed by atoms with Gasteiger partial charge in [-0.3, -0.25) is 0 Å². The third-order valence-electron chi connectivity index (χ3n) is 13.0. The van der Waals surface area contributed by atoms with Crippen molar-refractivity contribution in [2.45, 2.75) is 214 Å². The Balaban J connectivity index is 3.95. The van der Waals surface area contributed by atoms with Gasteiger partial charge in [0.1, 0.15) is 0 Å². The third-order valence-corrected chi connectivity index (χ3v) is 26.8. The monoisotopic (exact) mass is 875 g/mol. The van der Waals surface area contributed by atoms with Crippen LogP contribution in [0.4, 0.5) is 0 Å². The third kappa shape index (κ3) is 18.5. The molecule has 0 heterocycles. The van der Waals surface area contributed by atoms with Gasteiger partial charge in [0.15, 0.2) is 0 Å². The van der Waals surface area contributed by atoms with Gasteiger partial charge in [0, 0.05) is 0 Å².